The number of allylic oxidation sites excluding steroid dienone is 2. The molecule has 4 heteroatoms. The summed E-state index contributed by atoms with van der Waals surface area (Å²) in [5.74, 6) is -0.477. The van der Waals surface area contributed by atoms with Gasteiger partial charge in [0, 0.05) is 25.7 Å². The smallest absolute Gasteiger partial charge is 0.169 e. The van der Waals surface area contributed by atoms with Gasteiger partial charge < -0.3 is 18.9 Å². The van der Waals surface area contributed by atoms with Gasteiger partial charge in [0.25, 0.3) is 0 Å². The van der Waals surface area contributed by atoms with Gasteiger partial charge in [0.2, 0.25) is 0 Å². The predicted molar refractivity (Wildman–Crippen MR) is 73.2 cm³/mol. The van der Waals surface area contributed by atoms with E-state index in [1.54, 1.807) is 11.1 Å². The third-order valence-electron chi connectivity index (χ3n) is 5.36. The number of ether oxygens (including phenoxy) is 4. The first kappa shape index (κ1) is 13.3. The molecule has 0 aromatic rings. The third-order valence-corrected chi connectivity index (χ3v) is 5.36. The van der Waals surface area contributed by atoms with E-state index < -0.39 is 0 Å². The zero-order chi connectivity index (χ0) is 13.5. The Morgan fingerprint density at radius 3 is 1.10 bits per heavy atom. The van der Waals surface area contributed by atoms with Crippen LogP contribution in [0, 0.1) is 0 Å². The Bertz CT molecular complexity index is 341. The topological polar surface area (TPSA) is 36.9 Å². The van der Waals surface area contributed by atoms with Crippen LogP contribution in [0.2, 0.25) is 0 Å². The van der Waals surface area contributed by atoms with Crippen molar-refractivity contribution < 1.29 is 18.9 Å². The number of rotatable bonds is 0. The molecule has 2 spiro atoms. The summed E-state index contributed by atoms with van der Waals surface area (Å²) >= 11 is 0. The van der Waals surface area contributed by atoms with Gasteiger partial charge in [0.1, 0.15) is 0 Å². The molecule has 20 heavy (non-hydrogen) atoms. The normalized spacial score (nSPS) is 32.4. The Balaban J connectivity index is 1.38. The van der Waals surface area contributed by atoms with E-state index in [2.05, 4.69) is 0 Å². The standard InChI is InChI=1S/C16H24O4/c1-5-15(17-9-10-18-15)6-2-13(1)14-3-7-16(8-4-14)19-11-12-20-16/h1-12H2. The maximum absolute atomic E-state index is 5.81. The first-order valence-electron chi connectivity index (χ1n) is 8.05. The molecular formula is C16H24O4. The average molecular weight is 280 g/mol. The molecule has 2 saturated heterocycles. The molecule has 0 aromatic heterocycles. The van der Waals surface area contributed by atoms with E-state index in [-0.39, 0.29) is 11.6 Å². The van der Waals surface area contributed by atoms with E-state index in [1.165, 1.54) is 0 Å². The number of hydrogen-bond acceptors (Lipinski definition) is 4. The maximum atomic E-state index is 5.81. The molecule has 4 aliphatic rings. The summed E-state index contributed by atoms with van der Waals surface area (Å²) < 4.78 is 23.2. The van der Waals surface area contributed by atoms with Crippen LogP contribution in [-0.2, 0) is 18.9 Å². The van der Waals surface area contributed by atoms with Crippen molar-refractivity contribution in [2.24, 2.45) is 0 Å². The zero-order valence-corrected chi connectivity index (χ0v) is 12.1. The van der Waals surface area contributed by atoms with Crippen LogP contribution in [0.25, 0.3) is 0 Å². The van der Waals surface area contributed by atoms with Crippen molar-refractivity contribution in [3.05, 3.63) is 11.1 Å². The van der Waals surface area contributed by atoms with Gasteiger partial charge in [0.15, 0.2) is 11.6 Å². The largest absolute Gasteiger partial charge is 0.348 e. The van der Waals surface area contributed by atoms with Crippen molar-refractivity contribution in [3.63, 3.8) is 0 Å². The summed E-state index contributed by atoms with van der Waals surface area (Å²) in [4.78, 5) is 0. The van der Waals surface area contributed by atoms with Crippen molar-refractivity contribution in [2.75, 3.05) is 26.4 Å². The van der Waals surface area contributed by atoms with Crippen LogP contribution in [0.3, 0.4) is 0 Å². The summed E-state index contributed by atoms with van der Waals surface area (Å²) in [6.07, 6.45) is 8.70. The van der Waals surface area contributed by atoms with Gasteiger partial charge in [-0.1, -0.05) is 11.1 Å². The molecule has 0 atom stereocenters. The van der Waals surface area contributed by atoms with Crippen LogP contribution in [0.1, 0.15) is 51.4 Å². The fraction of sp³-hybridized carbons (Fsp3) is 0.875. The third kappa shape index (κ3) is 2.33. The summed E-state index contributed by atoms with van der Waals surface area (Å²) in [6.45, 7) is 3.07. The Labute approximate surface area is 120 Å². The first-order valence-corrected chi connectivity index (χ1v) is 8.05. The minimum Gasteiger partial charge on any atom is -0.348 e. The van der Waals surface area contributed by atoms with Crippen molar-refractivity contribution >= 4 is 0 Å². The number of hydrogen-bond donors (Lipinski definition) is 0. The summed E-state index contributed by atoms with van der Waals surface area (Å²) in [5, 5.41) is 0. The second-order valence-corrected chi connectivity index (χ2v) is 6.42. The van der Waals surface area contributed by atoms with Gasteiger partial charge in [-0.3, -0.25) is 0 Å². The quantitative estimate of drug-likeness (QED) is 0.639. The van der Waals surface area contributed by atoms with E-state index in [1.807, 2.05) is 0 Å². The van der Waals surface area contributed by atoms with E-state index in [0.717, 1.165) is 77.8 Å². The van der Waals surface area contributed by atoms with Crippen LogP contribution in [0.15, 0.2) is 11.1 Å². The molecule has 4 nitrogen and oxygen atoms in total. The van der Waals surface area contributed by atoms with Crippen LogP contribution < -0.4 is 0 Å². The van der Waals surface area contributed by atoms with Gasteiger partial charge in [-0.2, -0.15) is 0 Å². The van der Waals surface area contributed by atoms with E-state index in [4.69, 9.17) is 18.9 Å². The molecule has 0 amide bonds. The van der Waals surface area contributed by atoms with Gasteiger partial charge in [0.05, 0.1) is 26.4 Å². The van der Waals surface area contributed by atoms with Gasteiger partial charge in [-0.05, 0) is 25.7 Å². The van der Waals surface area contributed by atoms with Crippen molar-refractivity contribution in [1.82, 2.24) is 0 Å². The van der Waals surface area contributed by atoms with Crippen molar-refractivity contribution in [3.8, 4) is 0 Å². The van der Waals surface area contributed by atoms with Gasteiger partial charge in [-0.15, -0.1) is 0 Å². The van der Waals surface area contributed by atoms with Gasteiger partial charge >= 0.3 is 0 Å². The van der Waals surface area contributed by atoms with E-state index >= 15 is 0 Å². The summed E-state index contributed by atoms with van der Waals surface area (Å²) in [7, 11) is 0. The molecule has 4 fully saturated rings. The minimum atomic E-state index is -0.238. The Morgan fingerprint density at radius 1 is 0.500 bits per heavy atom. The molecule has 0 N–H and O–H groups in total. The molecule has 2 aliphatic carbocycles. The van der Waals surface area contributed by atoms with Crippen LogP contribution in [0.4, 0.5) is 0 Å². The average Bonchev–Trinajstić information content (AvgIpc) is 3.12. The van der Waals surface area contributed by atoms with E-state index in [9.17, 15) is 0 Å². The SMILES string of the molecule is C1COC2(CCC(=C3CCC4(CC3)OCCO4)CC2)O1. The van der Waals surface area contributed by atoms with Crippen molar-refractivity contribution in [2.45, 2.75) is 62.9 Å². The monoisotopic (exact) mass is 280 g/mol. The van der Waals surface area contributed by atoms with Crippen LogP contribution in [0.5, 0.6) is 0 Å². The molecule has 2 saturated carbocycles. The molecule has 0 radical (unpaired) electrons. The van der Waals surface area contributed by atoms with Crippen molar-refractivity contribution in [1.29, 1.82) is 0 Å². The van der Waals surface area contributed by atoms with Gasteiger partial charge in [-0.25, -0.2) is 0 Å². The molecule has 0 bridgehead atoms. The second-order valence-electron chi connectivity index (χ2n) is 6.42. The molecule has 2 heterocycles. The second kappa shape index (κ2) is 5.09. The fourth-order valence-corrected chi connectivity index (χ4v) is 4.14. The summed E-state index contributed by atoms with van der Waals surface area (Å²) in [6, 6.07) is 0. The Hall–Kier alpha value is -0.420. The molecule has 0 unspecified atom stereocenters. The molecule has 4 rings (SSSR count). The van der Waals surface area contributed by atoms with E-state index in [0.29, 0.717) is 0 Å². The lowest BCUT2D eigenvalue weighted by molar-refractivity contribution is -0.174. The Morgan fingerprint density at radius 2 is 0.800 bits per heavy atom. The maximum Gasteiger partial charge on any atom is 0.169 e. The molecule has 0 aromatic carbocycles. The highest BCUT2D eigenvalue weighted by atomic mass is 16.7. The molecule has 112 valence electrons. The lowest BCUT2D eigenvalue weighted by atomic mass is 9.80. The zero-order valence-electron chi connectivity index (χ0n) is 12.1. The highest BCUT2D eigenvalue weighted by Crippen LogP contribution is 2.44. The fourth-order valence-electron chi connectivity index (χ4n) is 4.14. The summed E-state index contributed by atoms with van der Waals surface area (Å²) in [5.41, 5.74) is 3.31. The predicted octanol–water partition coefficient (Wildman–Crippen LogP) is 2.92. The minimum absolute atomic E-state index is 0.238. The highest BCUT2D eigenvalue weighted by molar-refractivity contribution is 5.20. The lowest BCUT2D eigenvalue weighted by Gasteiger charge is -2.37. The first-order chi connectivity index (χ1) is 9.79. The highest BCUT2D eigenvalue weighted by Gasteiger charge is 2.42. The molecular weight excluding hydrogens is 256 g/mol. The van der Waals surface area contributed by atoms with Crippen LogP contribution >= 0.6 is 0 Å². The molecule has 2 aliphatic heterocycles. The lowest BCUT2D eigenvalue weighted by Crippen LogP contribution is -2.35. The van der Waals surface area contributed by atoms with Crippen LogP contribution in [-0.4, -0.2) is 38.0 Å². The Kier molecular flexibility index (Phi) is 3.38.